The van der Waals surface area contributed by atoms with Gasteiger partial charge in [-0.15, -0.1) is 35.3 Å². The molecule has 0 saturated heterocycles. The van der Waals surface area contributed by atoms with Gasteiger partial charge in [0.05, 0.1) is 12.2 Å². The molecule has 2 heterocycles. The molecule has 7 heteroatoms. The van der Waals surface area contributed by atoms with Crippen molar-refractivity contribution < 1.29 is 0 Å². The highest BCUT2D eigenvalue weighted by atomic mass is 127. The summed E-state index contributed by atoms with van der Waals surface area (Å²) >= 11 is 1.64. The van der Waals surface area contributed by atoms with E-state index in [1.807, 2.05) is 22.2 Å². The summed E-state index contributed by atoms with van der Waals surface area (Å²) in [6, 6.07) is 21.1. The van der Waals surface area contributed by atoms with Crippen LogP contribution < -0.4 is 10.6 Å². The molecule has 0 unspecified atom stereocenters. The van der Waals surface area contributed by atoms with Gasteiger partial charge in [0.1, 0.15) is 0 Å². The zero-order chi connectivity index (χ0) is 19.2. The number of hydrogen-bond donors (Lipinski definition) is 2. The van der Waals surface area contributed by atoms with Crippen LogP contribution in [0.2, 0.25) is 0 Å². The van der Waals surface area contributed by atoms with Gasteiger partial charge in [0.25, 0.3) is 0 Å². The highest BCUT2D eigenvalue weighted by Gasteiger charge is 2.14. The second kappa shape index (κ2) is 10.4. The van der Waals surface area contributed by atoms with Crippen molar-refractivity contribution in [1.82, 2.24) is 20.0 Å². The van der Waals surface area contributed by atoms with Crippen LogP contribution >= 0.6 is 35.3 Å². The van der Waals surface area contributed by atoms with Crippen molar-refractivity contribution in [2.24, 2.45) is 4.99 Å². The summed E-state index contributed by atoms with van der Waals surface area (Å²) in [5.41, 5.74) is 3.56. The van der Waals surface area contributed by atoms with E-state index in [1.54, 1.807) is 18.4 Å². The van der Waals surface area contributed by atoms with Gasteiger partial charge in [-0.05, 0) is 11.1 Å². The number of rotatable bonds is 6. The molecule has 0 aliphatic heterocycles. The number of guanidine groups is 1. The Bertz CT molecular complexity index is 975. The fourth-order valence-electron chi connectivity index (χ4n) is 3.25. The Labute approximate surface area is 191 Å². The molecular formula is C22H24IN5S. The Morgan fingerprint density at radius 1 is 1.03 bits per heavy atom. The third-order valence-corrected chi connectivity index (χ3v) is 5.45. The second-order valence-corrected chi connectivity index (χ2v) is 7.38. The molecule has 0 aliphatic carbocycles. The number of hydrogen-bond acceptors (Lipinski definition) is 3. The van der Waals surface area contributed by atoms with Crippen LogP contribution in [0.25, 0.3) is 4.96 Å². The number of benzene rings is 2. The maximum atomic E-state index is 4.61. The lowest BCUT2D eigenvalue weighted by atomic mass is 9.91. The van der Waals surface area contributed by atoms with Gasteiger partial charge in [-0.3, -0.25) is 9.39 Å². The molecule has 2 N–H and O–H groups in total. The minimum absolute atomic E-state index is 0. The first-order valence-electron chi connectivity index (χ1n) is 9.29. The van der Waals surface area contributed by atoms with Gasteiger partial charge in [0.15, 0.2) is 10.9 Å². The van der Waals surface area contributed by atoms with Crippen LogP contribution in [0, 0.1) is 0 Å². The lowest BCUT2D eigenvalue weighted by Crippen LogP contribution is -2.39. The number of imidazole rings is 1. The van der Waals surface area contributed by atoms with Crippen LogP contribution in [0.4, 0.5) is 0 Å². The monoisotopic (exact) mass is 517 g/mol. The predicted octanol–water partition coefficient (Wildman–Crippen LogP) is 4.51. The van der Waals surface area contributed by atoms with Crippen molar-refractivity contribution in [3.63, 3.8) is 0 Å². The summed E-state index contributed by atoms with van der Waals surface area (Å²) < 4.78 is 2.04. The largest absolute Gasteiger partial charge is 0.355 e. The molecule has 0 atom stereocenters. The molecule has 0 aliphatic rings. The molecule has 0 radical (unpaired) electrons. The number of fused-ring (bicyclic) bond motifs is 1. The fourth-order valence-corrected chi connectivity index (χ4v) is 3.97. The van der Waals surface area contributed by atoms with E-state index < -0.39 is 0 Å². The van der Waals surface area contributed by atoms with Gasteiger partial charge < -0.3 is 10.6 Å². The Balaban J connectivity index is 0.00000240. The smallest absolute Gasteiger partial charge is 0.193 e. The molecule has 150 valence electrons. The highest BCUT2D eigenvalue weighted by molar-refractivity contribution is 14.0. The summed E-state index contributed by atoms with van der Waals surface area (Å²) in [5.74, 6) is 1.02. The molecule has 0 spiro atoms. The quantitative estimate of drug-likeness (QED) is 0.225. The standard InChI is InChI=1S/C22H23N5S.HI/c1-23-21(24-14-19-16-27-12-13-28-22(27)26-19)25-15-20(17-8-4-2-5-9-17)18-10-6-3-7-11-18;/h2-13,16,20H,14-15H2,1H3,(H2,23,24,25);1H. The summed E-state index contributed by atoms with van der Waals surface area (Å²) in [4.78, 5) is 9.98. The van der Waals surface area contributed by atoms with Crippen molar-refractivity contribution in [2.75, 3.05) is 13.6 Å². The first-order chi connectivity index (χ1) is 13.8. The molecule has 5 nitrogen and oxygen atoms in total. The number of aliphatic imine (C=N–C) groups is 1. The van der Waals surface area contributed by atoms with E-state index in [0.717, 1.165) is 23.2 Å². The summed E-state index contributed by atoms with van der Waals surface area (Å²) in [7, 11) is 1.79. The van der Waals surface area contributed by atoms with Crippen molar-refractivity contribution in [3.8, 4) is 0 Å². The number of nitrogens with zero attached hydrogens (tertiary/aromatic N) is 3. The van der Waals surface area contributed by atoms with Crippen LogP contribution in [0.5, 0.6) is 0 Å². The van der Waals surface area contributed by atoms with E-state index in [4.69, 9.17) is 0 Å². The number of nitrogens with one attached hydrogen (secondary N) is 2. The number of aromatic nitrogens is 2. The molecule has 4 aromatic rings. The van der Waals surface area contributed by atoms with Crippen LogP contribution in [0.1, 0.15) is 22.7 Å². The highest BCUT2D eigenvalue weighted by Crippen LogP contribution is 2.23. The predicted molar refractivity (Wildman–Crippen MR) is 131 cm³/mol. The average molecular weight is 517 g/mol. The summed E-state index contributed by atoms with van der Waals surface area (Å²) in [6.45, 7) is 1.39. The van der Waals surface area contributed by atoms with Crippen molar-refractivity contribution in [2.45, 2.75) is 12.5 Å². The Kier molecular flexibility index (Phi) is 7.65. The van der Waals surface area contributed by atoms with Crippen LogP contribution in [-0.4, -0.2) is 28.9 Å². The average Bonchev–Trinajstić information content (AvgIpc) is 3.34. The third-order valence-electron chi connectivity index (χ3n) is 4.68. The van der Waals surface area contributed by atoms with Crippen LogP contribution in [0.15, 0.2) is 83.4 Å². The SMILES string of the molecule is CN=C(NCc1cn2ccsc2n1)NCC(c1ccccc1)c1ccccc1.I. The minimum Gasteiger partial charge on any atom is -0.355 e. The van der Waals surface area contributed by atoms with Gasteiger partial charge in [-0.1, -0.05) is 60.7 Å². The zero-order valence-corrected chi connectivity index (χ0v) is 19.3. The van der Waals surface area contributed by atoms with Gasteiger partial charge in [-0.25, -0.2) is 4.98 Å². The molecule has 2 aromatic heterocycles. The molecule has 0 saturated carbocycles. The van der Waals surface area contributed by atoms with Crippen molar-refractivity contribution in [3.05, 3.63) is 95.3 Å². The van der Waals surface area contributed by atoms with E-state index in [9.17, 15) is 0 Å². The molecule has 4 rings (SSSR count). The van der Waals surface area contributed by atoms with E-state index in [0.29, 0.717) is 6.54 Å². The maximum absolute atomic E-state index is 4.61. The molecule has 29 heavy (non-hydrogen) atoms. The normalized spacial score (nSPS) is 11.4. The molecule has 0 bridgehead atoms. The minimum atomic E-state index is 0. The van der Waals surface area contributed by atoms with Crippen LogP contribution in [-0.2, 0) is 6.54 Å². The van der Waals surface area contributed by atoms with Crippen molar-refractivity contribution in [1.29, 1.82) is 0 Å². The lowest BCUT2D eigenvalue weighted by Gasteiger charge is -2.20. The first-order valence-corrected chi connectivity index (χ1v) is 10.2. The number of halogens is 1. The van der Waals surface area contributed by atoms with E-state index in [-0.39, 0.29) is 29.9 Å². The third kappa shape index (κ3) is 5.36. The molecule has 0 fully saturated rings. The van der Waals surface area contributed by atoms with Crippen molar-refractivity contribution >= 4 is 46.2 Å². The maximum Gasteiger partial charge on any atom is 0.193 e. The molecule has 0 amide bonds. The van der Waals surface area contributed by atoms with E-state index >= 15 is 0 Å². The first kappa shape index (κ1) is 21.3. The van der Waals surface area contributed by atoms with E-state index in [1.165, 1.54) is 11.1 Å². The summed E-state index contributed by atoms with van der Waals surface area (Å²) in [6.07, 6.45) is 4.07. The van der Waals surface area contributed by atoms with E-state index in [2.05, 4.69) is 81.3 Å². The fraction of sp³-hybridized carbons (Fsp3) is 0.182. The molecule has 2 aromatic carbocycles. The lowest BCUT2D eigenvalue weighted by molar-refractivity contribution is 0.725. The number of thiazole rings is 1. The van der Waals surface area contributed by atoms with Crippen LogP contribution in [0.3, 0.4) is 0 Å². The Morgan fingerprint density at radius 2 is 1.69 bits per heavy atom. The van der Waals surface area contributed by atoms with Gasteiger partial charge in [-0.2, -0.15) is 0 Å². The molecular weight excluding hydrogens is 493 g/mol. The zero-order valence-electron chi connectivity index (χ0n) is 16.2. The Morgan fingerprint density at radius 3 is 2.28 bits per heavy atom. The topological polar surface area (TPSA) is 53.7 Å². The van der Waals surface area contributed by atoms with Gasteiger partial charge in [0.2, 0.25) is 0 Å². The van der Waals surface area contributed by atoms with Gasteiger partial charge in [0, 0.05) is 37.3 Å². The van der Waals surface area contributed by atoms with Gasteiger partial charge >= 0.3 is 0 Å². The summed E-state index contributed by atoms with van der Waals surface area (Å²) in [5, 5.41) is 8.87. The second-order valence-electron chi connectivity index (χ2n) is 6.51. The Hall–Kier alpha value is -2.39.